The van der Waals surface area contributed by atoms with E-state index in [9.17, 15) is 4.79 Å². The quantitative estimate of drug-likeness (QED) is 0.844. The molecule has 0 bridgehead atoms. The summed E-state index contributed by atoms with van der Waals surface area (Å²) in [5, 5.41) is 11.2. The number of rotatable bonds is 4. The van der Waals surface area contributed by atoms with E-state index in [-0.39, 0.29) is 5.91 Å². The Kier molecular flexibility index (Phi) is 3.98. The molecular weight excluding hydrogens is 258 g/mol. The fourth-order valence-electron chi connectivity index (χ4n) is 2.64. The van der Waals surface area contributed by atoms with Gasteiger partial charge in [-0.15, -0.1) is 5.10 Å². The summed E-state index contributed by atoms with van der Waals surface area (Å²) < 4.78 is 7.39. The summed E-state index contributed by atoms with van der Waals surface area (Å²) in [6.45, 7) is 6.02. The summed E-state index contributed by atoms with van der Waals surface area (Å²) in [6.07, 6.45) is 3.86. The van der Waals surface area contributed by atoms with Crippen molar-refractivity contribution >= 4 is 5.91 Å². The van der Waals surface area contributed by atoms with Crippen LogP contribution in [0.1, 0.15) is 36.3 Å². The zero-order chi connectivity index (χ0) is 13.9. The maximum absolute atomic E-state index is 12.4. The number of carbonyl (C=O) groups is 1. The SMILES string of the molecule is CCOC1CCN(C(=O)c2cn(C3CNC3)nn2)CC1. The Balaban J connectivity index is 1.57. The number of piperidine rings is 1. The summed E-state index contributed by atoms with van der Waals surface area (Å²) in [5.74, 6) is -0.0153. The second-order valence-electron chi connectivity index (χ2n) is 5.34. The summed E-state index contributed by atoms with van der Waals surface area (Å²) >= 11 is 0. The van der Waals surface area contributed by atoms with Gasteiger partial charge in [0.25, 0.3) is 5.91 Å². The fourth-order valence-corrected chi connectivity index (χ4v) is 2.64. The van der Waals surface area contributed by atoms with Crippen molar-refractivity contribution in [1.29, 1.82) is 0 Å². The molecule has 1 aromatic rings. The van der Waals surface area contributed by atoms with Crippen LogP contribution >= 0.6 is 0 Å². The van der Waals surface area contributed by atoms with Crippen molar-refractivity contribution < 1.29 is 9.53 Å². The second kappa shape index (κ2) is 5.88. The van der Waals surface area contributed by atoms with Gasteiger partial charge in [0, 0.05) is 32.8 Å². The minimum Gasteiger partial charge on any atom is -0.378 e. The fraction of sp³-hybridized carbons (Fsp3) is 0.769. The minimum atomic E-state index is -0.0153. The van der Waals surface area contributed by atoms with Gasteiger partial charge in [0.2, 0.25) is 0 Å². The third kappa shape index (κ3) is 2.69. The molecule has 0 aliphatic carbocycles. The van der Waals surface area contributed by atoms with Crippen LogP contribution in [-0.2, 0) is 4.74 Å². The number of nitrogens with zero attached hydrogens (tertiary/aromatic N) is 4. The number of hydrogen-bond donors (Lipinski definition) is 1. The maximum atomic E-state index is 12.4. The molecule has 2 aliphatic rings. The number of nitrogens with one attached hydrogen (secondary N) is 1. The Bertz CT molecular complexity index is 463. The van der Waals surface area contributed by atoms with Crippen LogP contribution in [0.2, 0.25) is 0 Å². The van der Waals surface area contributed by atoms with E-state index in [1.807, 2.05) is 11.8 Å². The Hall–Kier alpha value is -1.47. The van der Waals surface area contributed by atoms with Gasteiger partial charge in [0.05, 0.1) is 18.3 Å². The molecule has 0 atom stereocenters. The molecule has 20 heavy (non-hydrogen) atoms. The van der Waals surface area contributed by atoms with E-state index >= 15 is 0 Å². The highest BCUT2D eigenvalue weighted by atomic mass is 16.5. The van der Waals surface area contributed by atoms with Crippen molar-refractivity contribution in [2.24, 2.45) is 0 Å². The molecule has 0 aromatic carbocycles. The first kappa shape index (κ1) is 13.5. The number of hydrogen-bond acceptors (Lipinski definition) is 5. The van der Waals surface area contributed by atoms with Gasteiger partial charge in [-0.25, -0.2) is 4.68 Å². The van der Waals surface area contributed by atoms with Gasteiger partial charge in [0.1, 0.15) is 0 Å². The lowest BCUT2D eigenvalue weighted by Crippen LogP contribution is -2.43. The van der Waals surface area contributed by atoms with E-state index in [0.717, 1.165) is 45.6 Å². The number of ether oxygens (including phenoxy) is 1. The van der Waals surface area contributed by atoms with Crippen molar-refractivity contribution in [2.75, 3.05) is 32.8 Å². The molecule has 7 nitrogen and oxygen atoms in total. The normalized spacial score (nSPS) is 20.9. The average molecular weight is 279 g/mol. The number of aromatic nitrogens is 3. The van der Waals surface area contributed by atoms with Crippen LogP contribution in [0.15, 0.2) is 6.20 Å². The van der Waals surface area contributed by atoms with Crippen LogP contribution in [0.4, 0.5) is 0 Å². The van der Waals surface area contributed by atoms with E-state index < -0.39 is 0 Å². The van der Waals surface area contributed by atoms with Gasteiger partial charge in [0.15, 0.2) is 5.69 Å². The van der Waals surface area contributed by atoms with Crippen LogP contribution in [-0.4, -0.2) is 64.7 Å². The first-order chi connectivity index (χ1) is 9.78. The lowest BCUT2D eigenvalue weighted by Gasteiger charge is -2.31. The predicted octanol–water partition coefficient (Wildman–Crippen LogP) is 0.0635. The monoisotopic (exact) mass is 279 g/mol. The van der Waals surface area contributed by atoms with E-state index in [1.54, 1.807) is 10.9 Å². The highest BCUT2D eigenvalue weighted by Gasteiger charge is 2.27. The second-order valence-corrected chi connectivity index (χ2v) is 5.34. The first-order valence-electron chi connectivity index (χ1n) is 7.31. The standard InChI is InChI=1S/C13H21N5O2/c1-2-20-11-3-5-17(6-4-11)13(19)12-9-18(16-15-12)10-7-14-8-10/h9-11,14H,2-8H2,1H3. The molecule has 0 saturated carbocycles. The summed E-state index contributed by atoms with van der Waals surface area (Å²) in [6, 6.07) is 0.341. The van der Waals surface area contributed by atoms with Gasteiger partial charge in [-0.2, -0.15) is 0 Å². The Morgan fingerprint density at radius 3 is 2.80 bits per heavy atom. The van der Waals surface area contributed by atoms with Gasteiger partial charge in [-0.05, 0) is 19.8 Å². The smallest absolute Gasteiger partial charge is 0.276 e. The zero-order valence-corrected chi connectivity index (χ0v) is 11.8. The highest BCUT2D eigenvalue weighted by molar-refractivity contribution is 5.92. The molecule has 1 N–H and O–H groups in total. The van der Waals surface area contributed by atoms with Crippen molar-refractivity contribution in [3.8, 4) is 0 Å². The molecule has 3 heterocycles. The van der Waals surface area contributed by atoms with Crippen molar-refractivity contribution in [3.05, 3.63) is 11.9 Å². The molecule has 1 aromatic heterocycles. The molecular formula is C13H21N5O2. The molecule has 110 valence electrons. The topological polar surface area (TPSA) is 72.3 Å². The average Bonchev–Trinajstić information content (AvgIpc) is 2.86. The molecule has 0 radical (unpaired) electrons. The van der Waals surface area contributed by atoms with Crippen LogP contribution in [0.25, 0.3) is 0 Å². The van der Waals surface area contributed by atoms with Gasteiger partial charge >= 0.3 is 0 Å². The molecule has 0 spiro atoms. The zero-order valence-electron chi connectivity index (χ0n) is 11.8. The minimum absolute atomic E-state index is 0.0153. The van der Waals surface area contributed by atoms with Gasteiger partial charge in [-0.3, -0.25) is 4.79 Å². The molecule has 2 aliphatic heterocycles. The van der Waals surface area contributed by atoms with Crippen molar-refractivity contribution in [3.63, 3.8) is 0 Å². The number of likely N-dealkylation sites (tertiary alicyclic amines) is 1. The molecule has 2 fully saturated rings. The molecule has 0 unspecified atom stereocenters. The lowest BCUT2D eigenvalue weighted by molar-refractivity contribution is 0.0144. The molecule has 1 amide bonds. The largest absolute Gasteiger partial charge is 0.378 e. The maximum Gasteiger partial charge on any atom is 0.276 e. The third-order valence-electron chi connectivity index (χ3n) is 4.00. The molecule has 3 rings (SSSR count). The summed E-state index contributed by atoms with van der Waals surface area (Å²) in [4.78, 5) is 14.2. The van der Waals surface area contributed by atoms with Crippen LogP contribution in [0.5, 0.6) is 0 Å². The van der Waals surface area contributed by atoms with E-state index in [4.69, 9.17) is 4.74 Å². The predicted molar refractivity (Wildman–Crippen MR) is 72.5 cm³/mol. The number of amides is 1. The Labute approximate surface area is 118 Å². The lowest BCUT2D eigenvalue weighted by atomic mass is 10.1. The van der Waals surface area contributed by atoms with Crippen LogP contribution in [0, 0.1) is 0 Å². The molecule has 7 heteroatoms. The third-order valence-corrected chi connectivity index (χ3v) is 4.00. The molecule has 2 saturated heterocycles. The van der Waals surface area contributed by atoms with E-state index in [2.05, 4.69) is 15.6 Å². The Morgan fingerprint density at radius 1 is 1.45 bits per heavy atom. The van der Waals surface area contributed by atoms with E-state index in [0.29, 0.717) is 17.8 Å². The Morgan fingerprint density at radius 2 is 2.20 bits per heavy atom. The first-order valence-corrected chi connectivity index (χ1v) is 7.31. The highest BCUT2D eigenvalue weighted by Crippen LogP contribution is 2.16. The van der Waals surface area contributed by atoms with Crippen LogP contribution in [0.3, 0.4) is 0 Å². The summed E-state index contributed by atoms with van der Waals surface area (Å²) in [5.41, 5.74) is 0.451. The van der Waals surface area contributed by atoms with Gasteiger partial charge < -0.3 is 15.0 Å². The van der Waals surface area contributed by atoms with Gasteiger partial charge in [-0.1, -0.05) is 5.21 Å². The van der Waals surface area contributed by atoms with Crippen LogP contribution < -0.4 is 5.32 Å². The van der Waals surface area contributed by atoms with E-state index in [1.165, 1.54) is 0 Å². The van der Waals surface area contributed by atoms with Crippen molar-refractivity contribution in [1.82, 2.24) is 25.2 Å². The number of carbonyl (C=O) groups excluding carboxylic acids is 1. The summed E-state index contributed by atoms with van der Waals surface area (Å²) in [7, 11) is 0. The van der Waals surface area contributed by atoms with Crippen molar-refractivity contribution in [2.45, 2.75) is 31.9 Å².